The molecule has 0 radical (unpaired) electrons. The summed E-state index contributed by atoms with van der Waals surface area (Å²) in [4.78, 5) is 1.24. The molecule has 2 rings (SSSR count). The molecule has 1 N–H and O–H groups in total. The summed E-state index contributed by atoms with van der Waals surface area (Å²) in [7, 11) is 1.97. The molecule has 0 aliphatic heterocycles. The Bertz CT molecular complexity index is 504. The number of rotatable bonds is 3. The average molecular weight is 331 g/mol. The summed E-state index contributed by atoms with van der Waals surface area (Å²) in [6, 6.07) is 10.7. The van der Waals surface area contributed by atoms with Crippen molar-refractivity contribution in [1.29, 1.82) is 0 Å². The fourth-order valence-electron chi connectivity index (χ4n) is 1.79. The molecule has 1 nitrogen and oxygen atoms in total. The van der Waals surface area contributed by atoms with Gasteiger partial charge in [-0.05, 0) is 43.3 Å². The molecule has 1 aromatic heterocycles. The highest BCUT2D eigenvalue weighted by Crippen LogP contribution is 2.34. The second-order valence-electron chi connectivity index (χ2n) is 3.88. The van der Waals surface area contributed by atoms with Crippen molar-refractivity contribution in [2.75, 3.05) is 7.05 Å². The molecule has 0 aliphatic rings. The molecule has 0 bridgehead atoms. The molecule has 0 aliphatic carbocycles. The lowest BCUT2D eigenvalue weighted by Crippen LogP contribution is -2.16. The summed E-state index contributed by atoms with van der Waals surface area (Å²) in [6.45, 7) is 2.04. The standard InChI is InChI=1S/C13H13BrClNS/c1-8-6-11(17-13(8)15)12(16-2)9-4-3-5-10(14)7-9/h3-7,12,16H,1-2H3. The molecule has 0 spiro atoms. The zero-order chi connectivity index (χ0) is 12.4. The average Bonchev–Trinajstić information content (AvgIpc) is 2.60. The summed E-state index contributed by atoms with van der Waals surface area (Å²) in [5, 5.41) is 3.33. The van der Waals surface area contributed by atoms with Gasteiger partial charge in [-0.25, -0.2) is 0 Å². The van der Waals surface area contributed by atoms with Gasteiger partial charge in [-0.2, -0.15) is 0 Å². The van der Waals surface area contributed by atoms with Crippen molar-refractivity contribution in [1.82, 2.24) is 5.32 Å². The maximum Gasteiger partial charge on any atom is 0.0961 e. The van der Waals surface area contributed by atoms with Crippen LogP contribution in [0.2, 0.25) is 4.34 Å². The van der Waals surface area contributed by atoms with Gasteiger partial charge in [0, 0.05) is 9.35 Å². The van der Waals surface area contributed by atoms with Crippen molar-refractivity contribution in [3.63, 3.8) is 0 Å². The van der Waals surface area contributed by atoms with E-state index in [0.717, 1.165) is 14.4 Å². The molecular formula is C13H13BrClNS. The molecule has 0 amide bonds. The fraction of sp³-hybridized carbons (Fsp3) is 0.231. The summed E-state index contributed by atoms with van der Waals surface area (Å²) in [5.41, 5.74) is 2.38. The molecule has 2 aromatic rings. The molecule has 17 heavy (non-hydrogen) atoms. The number of thiophene rings is 1. The van der Waals surface area contributed by atoms with Crippen molar-refractivity contribution >= 4 is 38.9 Å². The van der Waals surface area contributed by atoms with Gasteiger partial charge in [0.1, 0.15) is 0 Å². The lowest BCUT2D eigenvalue weighted by molar-refractivity contribution is 0.703. The lowest BCUT2D eigenvalue weighted by atomic mass is 10.1. The maximum atomic E-state index is 6.13. The van der Waals surface area contributed by atoms with Crippen LogP contribution < -0.4 is 5.32 Å². The van der Waals surface area contributed by atoms with E-state index < -0.39 is 0 Å². The van der Waals surface area contributed by atoms with Crippen LogP contribution in [0.15, 0.2) is 34.8 Å². The predicted molar refractivity (Wildman–Crippen MR) is 79.1 cm³/mol. The van der Waals surface area contributed by atoms with Gasteiger partial charge in [-0.3, -0.25) is 0 Å². The van der Waals surface area contributed by atoms with Crippen molar-refractivity contribution < 1.29 is 0 Å². The Morgan fingerprint density at radius 2 is 2.12 bits per heavy atom. The molecule has 1 heterocycles. The van der Waals surface area contributed by atoms with Crippen LogP contribution in [0.3, 0.4) is 0 Å². The van der Waals surface area contributed by atoms with Crippen molar-refractivity contribution in [3.05, 3.63) is 55.1 Å². The van der Waals surface area contributed by atoms with Crippen LogP contribution in [0.5, 0.6) is 0 Å². The van der Waals surface area contributed by atoms with Gasteiger partial charge < -0.3 is 5.32 Å². The zero-order valence-corrected chi connectivity index (χ0v) is 12.8. The number of hydrogen-bond acceptors (Lipinski definition) is 2. The Kier molecular flexibility index (Phi) is 4.26. The summed E-state index contributed by atoms with van der Waals surface area (Å²) < 4.78 is 1.96. The summed E-state index contributed by atoms with van der Waals surface area (Å²) >= 11 is 11.3. The summed E-state index contributed by atoms with van der Waals surface area (Å²) in [6.07, 6.45) is 0. The van der Waals surface area contributed by atoms with Crippen LogP contribution in [0.1, 0.15) is 22.0 Å². The van der Waals surface area contributed by atoms with E-state index in [9.17, 15) is 0 Å². The smallest absolute Gasteiger partial charge is 0.0961 e. The van der Waals surface area contributed by atoms with Gasteiger partial charge in [-0.15, -0.1) is 11.3 Å². The topological polar surface area (TPSA) is 12.0 Å². The molecule has 0 saturated heterocycles. The van der Waals surface area contributed by atoms with Gasteiger partial charge >= 0.3 is 0 Å². The number of aryl methyl sites for hydroxylation is 1. The van der Waals surface area contributed by atoms with Crippen LogP contribution in [0.4, 0.5) is 0 Å². The van der Waals surface area contributed by atoms with Crippen molar-refractivity contribution in [2.45, 2.75) is 13.0 Å². The summed E-state index contributed by atoms with van der Waals surface area (Å²) in [5.74, 6) is 0. The minimum Gasteiger partial charge on any atom is -0.309 e. The monoisotopic (exact) mass is 329 g/mol. The van der Waals surface area contributed by atoms with E-state index in [1.165, 1.54) is 10.4 Å². The predicted octanol–water partition coefficient (Wildman–Crippen LogP) is 4.78. The van der Waals surface area contributed by atoms with E-state index in [-0.39, 0.29) is 6.04 Å². The Morgan fingerprint density at radius 1 is 1.35 bits per heavy atom. The number of halogens is 2. The molecule has 0 saturated carbocycles. The Balaban J connectivity index is 2.39. The van der Waals surface area contributed by atoms with Crippen LogP contribution >= 0.6 is 38.9 Å². The second-order valence-corrected chi connectivity index (χ2v) is 6.48. The van der Waals surface area contributed by atoms with Crippen molar-refractivity contribution in [3.8, 4) is 0 Å². The zero-order valence-electron chi connectivity index (χ0n) is 9.63. The highest BCUT2D eigenvalue weighted by molar-refractivity contribution is 9.10. The quantitative estimate of drug-likeness (QED) is 0.854. The first-order chi connectivity index (χ1) is 8.11. The fourth-order valence-corrected chi connectivity index (χ4v) is 3.56. The van der Waals surface area contributed by atoms with Crippen molar-refractivity contribution in [2.24, 2.45) is 0 Å². The Hall–Kier alpha value is -0.350. The van der Waals surface area contributed by atoms with E-state index in [0.29, 0.717) is 0 Å². The van der Waals surface area contributed by atoms with Gasteiger partial charge in [0.05, 0.1) is 10.4 Å². The van der Waals surface area contributed by atoms with Crippen LogP contribution in [0, 0.1) is 6.92 Å². The van der Waals surface area contributed by atoms with E-state index in [4.69, 9.17) is 11.6 Å². The third-order valence-electron chi connectivity index (χ3n) is 2.63. The number of nitrogens with one attached hydrogen (secondary N) is 1. The first kappa shape index (κ1) is 13.1. The number of hydrogen-bond donors (Lipinski definition) is 1. The largest absolute Gasteiger partial charge is 0.309 e. The minimum absolute atomic E-state index is 0.198. The van der Waals surface area contributed by atoms with E-state index in [1.807, 2.05) is 26.1 Å². The molecule has 1 atom stereocenters. The lowest BCUT2D eigenvalue weighted by Gasteiger charge is -2.15. The van der Waals surface area contributed by atoms with E-state index in [1.54, 1.807) is 11.3 Å². The van der Waals surface area contributed by atoms with Crippen LogP contribution in [0.25, 0.3) is 0 Å². The molecule has 1 unspecified atom stereocenters. The third kappa shape index (κ3) is 2.91. The Labute approximate surface area is 119 Å². The maximum absolute atomic E-state index is 6.13. The van der Waals surface area contributed by atoms with E-state index in [2.05, 4.69) is 39.4 Å². The molecule has 0 fully saturated rings. The number of benzene rings is 1. The first-order valence-corrected chi connectivity index (χ1v) is 7.29. The van der Waals surface area contributed by atoms with Crippen LogP contribution in [-0.4, -0.2) is 7.05 Å². The van der Waals surface area contributed by atoms with E-state index >= 15 is 0 Å². The van der Waals surface area contributed by atoms with Gasteiger partial charge in [0.15, 0.2) is 0 Å². The van der Waals surface area contributed by atoms with Gasteiger partial charge in [0.25, 0.3) is 0 Å². The van der Waals surface area contributed by atoms with Crippen LogP contribution in [-0.2, 0) is 0 Å². The normalized spacial score (nSPS) is 12.7. The SMILES string of the molecule is CNC(c1cccc(Br)c1)c1cc(C)c(Cl)s1. The molecular weight excluding hydrogens is 318 g/mol. The highest BCUT2D eigenvalue weighted by Gasteiger charge is 2.15. The second kappa shape index (κ2) is 5.53. The van der Waals surface area contributed by atoms with Gasteiger partial charge in [-0.1, -0.05) is 39.7 Å². The third-order valence-corrected chi connectivity index (χ3v) is 4.74. The molecule has 4 heteroatoms. The minimum atomic E-state index is 0.198. The molecule has 1 aromatic carbocycles. The highest BCUT2D eigenvalue weighted by atomic mass is 79.9. The van der Waals surface area contributed by atoms with Gasteiger partial charge in [0.2, 0.25) is 0 Å². The first-order valence-electron chi connectivity index (χ1n) is 5.30. The molecule has 90 valence electrons. The Morgan fingerprint density at radius 3 is 2.65 bits per heavy atom.